The van der Waals surface area contributed by atoms with Crippen LogP contribution in [0.2, 0.25) is 0 Å². The third-order valence-corrected chi connectivity index (χ3v) is 6.61. The van der Waals surface area contributed by atoms with Gasteiger partial charge in [-0.05, 0) is 95.7 Å². The third-order valence-electron chi connectivity index (χ3n) is 6.61. The second kappa shape index (κ2) is 21.2. The lowest BCUT2D eigenvalue weighted by atomic mass is 10.0. The molecule has 0 saturated carbocycles. The molecule has 0 bridgehead atoms. The maximum Gasteiger partial charge on any atom is 0.188 e. The minimum absolute atomic E-state index is 0.0844. The molecule has 8 heteroatoms. The first-order chi connectivity index (χ1) is 21.7. The molecule has 0 aromatic heterocycles. The van der Waals surface area contributed by atoms with Gasteiger partial charge in [0.2, 0.25) is 0 Å². The van der Waals surface area contributed by atoms with Gasteiger partial charge in [0, 0.05) is 39.6 Å². The predicted octanol–water partition coefficient (Wildman–Crippen LogP) is 8.53. The second-order valence-corrected chi connectivity index (χ2v) is 11.1. The molecule has 2 aromatic rings. The van der Waals surface area contributed by atoms with Crippen molar-refractivity contribution in [2.24, 2.45) is 0 Å². The first-order valence-electron chi connectivity index (χ1n) is 15.1. The topological polar surface area (TPSA) is 73.8 Å². The van der Waals surface area contributed by atoms with Gasteiger partial charge in [0.1, 0.15) is 11.5 Å². The molecule has 0 aliphatic heterocycles. The van der Waals surface area contributed by atoms with Crippen molar-refractivity contribution in [3.8, 4) is 23.0 Å². The van der Waals surface area contributed by atoms with Crippen LogP contribution in [0.15, 0.2) is 59.2 Å². The minimum atomic E-state index is 0.0844. The van der Waals surface area contributed by atoms with Crippen molar-refractivity contribution in [3.63, 3.8) is 0 Å². The normalized spacial score (nSPS) is 11.4. The highest BCUT2D eigenvalue weighted by molar-refractivity contribution is 5.74. The largest absolute Gasteiger partial charge is 0.467 e. The quantitative estimate of drug-likeness (QED) is 0.0777. The highest BCUT2D eigenvalue weighted by atomic mass is 16.7. The minimum Gasteiger partial charge on any atom is -0.467 e. The molecular weight excluding hydrogens is 572 g/mol. The van der Waals surface area contributed by atoms with E-state index in [1.807, 2.05) is 30.4 Å². The molecule has 0 aliphatic carbocycles. The molecule has 0 N–H and O–H groups in total. The molecule has 248 valence electrons. The van der Waals surface area contributed by atoms with E-state index >= 15 is 0 Å². The van der Waals surface area contributed by atoms with Gasteiger partial charge in [0.25, 0.3) is 0 Å². The lowest BCUT2D eigenvalue weighted by molar-refractivity contribution is 0.0318. The third kappa shape index (κ3) is 14.0. The fourth-order valence-corrected chi connectivity index (χ4v) is 4.36. The summed E-state index contributed by atoms with van der Waals surface area (Å²) in [5.41, 5.74) is 7.57. The summed E-state index contributed by atoms with van der Waals surface area (Å²) in [7, 11) is 6.39. The average molecular weight is 625 g/mol. The van der Waals surface area contributed by atoms with Gasteiger partial charge in [-0.1, -0.05) is 47.1 Å². The Morgan fingerprint density at radius 1 is 0.556 bits per heavy atom. The lowest BCUT2D eigenvalue weighted by Crippen LogP contribution is -2.07. The van der Waals surface area contributed by atoms with E-state index in [0.29, 0.717) is 35.8 Å². The number of allylic oxidation sites excluding steroid dienone is 6. The van der Waals surface area contributed by atoms with Gasteiger partial charge in [0.15, 0.2) is 38.7 Å². The van der Waals surface area contributed by atoms with E-state index in [0.717, 1.165) is 35.1 Å². The second-order valence-electron chi connectivity index (χ2n) is 11.1. The Kier molecular flexibility index (Phi) is 17.7. The van der Waals surface area contributed by atoms with Crippen LogP contribution in [-0.4, -0.2) is 55.6 Å². The molecule has 0 unspecified atom stereocenters. The molecule has 2 rings (SSSR count). The number of ether oxygens (including phenoxy) is 8. The maximum atomic E-state index is 6.01. The molecule has 0 saturated heterocycles. The Balaban J connectivity index is 2.57. The molecule has 8 nitrogen and oxygen atoms in total. The summed E-state index contributed by atoms with van der Waals surface area (Å²) in [6, 6.07) is 8.01. The zero-order valence-electron chi connectivity index (χ0n) is 28.6. The Morgan fingerprint density at radius 2 is 1.04 bits per heavy atom. The van der Waals surface area contributed by atoms with E-state index in [9.17, 15) is 0 Å². The van der Waals surface area contributed by atoms with E-state index in [1.165, 1.54) is 16.7 Å². The molecular formula is C37H52O8. The van der Waals surface area contributed by atoms with Crippen LogP contribution in [0.3, 0.4) is 0 Å². The Bertz CT molecular complexity index is 1270. The van der Waals surface area contributed by atoms with Crippen LogP contribution in [-0.2, 0) is 31.8 Å². The molecule has 0 amide bonds. The maximum absolute atomic E-state index is 6.01. The van der Waals surface area contributed by atoms with Gasteiger partial charge < -0.3 is 37.9 Å². The van der Waals surface area contributed by atoms with E-state index in [-0.39, 0.29) is 27.2 Å². The van der Waals surface area contributed by atoms with E-state index < -0.39 is 0 Å². The summed E-state index contributed by atoms with van der Waals surface area (Å²) in [5, 5.41) is 0. The number of hydrogen-bond donors (Lipinski definition) is 0. The van der Waals surface area contributed by atoms with Crippen molar-refractivity contribution in [1.82, 2.24) is 0 Å². The first kappa shape index (κ1) is 37.6. The summed E-state index contributed by atoms with van der Waals surface area (Å²) >= 11 is 0. The summed E-state index contributed by atoms with van der Waals surface area (Å²) in [6.45, 7) is 11.0. The molecule has 0 spiro atoms. The fourth-order valence-electron chi connectivity index (χ4n) is 4.36. The van der Waals surface area contributed by atoms with Crippen molar-refractivity contribution < 1.29 is 37.9 Å². The number of benzene rings is 2. The van der Waals surface area contributed by atoms with Crippen molar-refractivity contribution in [2.75, 3.05) is 55.6 Å². The van der Waals surface area contributed by atoms with Crippen molar-refractivity contribution in [3.05, 3.63) is 81.5 Å². The molecule has 45 heavy (non-hydrogen) atoms. The van der Waals surface area contributed by atoms with Crippen molar-refractivity contribution in [1.29, 1.82) is 0 Å². The molecule has 0 atom stereocenters. The number of methoxy groups -OCH3 is 4. The Hall–Kier alpha value is -3.56. The van der Waals surface area contributed by atoms with Gasteiger partial charge in [-0.15, -0.1) is 0 Å². The van der Waals surface area contributed by atoms with E-state index in [1.54, 1.807) is 28.4 Å². The van der Waals surface area contributed by atoms with E-state index in [2.05, 4.69) is 58.9 Å². The summed E-state index contributed by atoms with van der Waals surface area (Å²) < 4.78 is 44.8. The van der Waals surface area contributed by atoms with Crippen LogP contribution < -0.4 is 18.9 Å². The van der Waals surface area contributed by atoms with Crippen LogP contribution in [0, 0.1) is 0 Å². The van der Waals surface area contributed by atoms with Crippen LogP contribution in [0.25, 0.3) is 12.2 Å². The average Bonchev–Trinajstić information content (AvgIpc) is 3.01. The first-order valence-corrected chi connectivity index (χ1v) is 15.1. The summed E-state index contributed by atoms with van der Waals surface area (Å²) in [4.78, 5) is 0. The molecule has 2 aromatic carbocycles. The summed E-state index contributed by atoms with van der Waals surface area (Å²) in [5.74, 6) is 2.58. The van der Waals surface area contributed by atoms with Crippen molar-refractivity contribution in [2.45, 2.75) is 60.3 Å². The van der Waals surface area contributed by atoms with Gasteiger partial charge >= 0.3 is 0 Å². The van der Waals surface area contributed by atoms with Gasteiger partial charge in [0.05, 0.1) is 0 Å². The number of rotatable bonds is 21. The predicted molar refractivity (Wildman–Crippen MR) is 181 cm³/mol. The standard InChI is InChI=1S/C37H52O8/c1-27(2)11-10-12-29(5)14-17-32-19-30(22-36(44-25-40-8)37(32)45-26-41-9)15-16-31-20-34(42-23-38-6)33(18-13-28(3)4)35(21-31)43-24-39-7/h11,13-16,19-22H,10,12,17-18,23-26H2,1-9H3/b16-15+,29-14+. The van der Waals surface area contributed by atoms with Gasteiger partial charge in [-0.25, -0.2) is 0 Å². The smallest absolute Gasteiger partial charge is 0.188 e. The Morgan fingerprint density at radius 3 is 1.58 bits per heavy atom. The van der Waals surface area contributed by atoms with Gasteiger partial charge in [-0.2, -0.15) is 0 Å². The number of hydrogen-bond acceptors (Lipinski definition) is 8. The molecule has 0 radical (unpaired) electrons. The van der Waals surface area contributed by atoms with Crippen LogP contribution in [0.4, 0.5) is 0 Å². The molecule has 0 aliphatic rings. The summed E-state index contributed by atoms with van der Waals surface area (Å²) in [6.07, 6.45) is 14.0. The van der Waals surface area contributed by atoms with Crippen molar-refractivity contribution >= 4 is 12.2 Å². The van der Waals surface area contributed by atoms with Crippen LogP contribution in [0.1, 0.15) is 69.7 Å². The monoisotopic (exact) mass is 624 g/mol. The van der Waals surface area contributed by atoms with Gasteiger partial charge in [-0.3, -0.25) is 0 Å². The molecule has 0 fully saturated rings. The SMILES string of the molecule is COCOc1cc(/C=C/c2cc(C/C=C(\C)CCC=C(C)C)c(OCOC)c(OCOC)c2)cc(OCOC)c1CC=C(C)C. The zero-order valence-corrected chi connectivity index (χ0v) is 28.6. The van der Waals surface area contributed by atoms with Crippen LogP contribution in [0.5, 0.6) is 23.0 Å². The Labute approximate surface area is 270 Å². The van der Waals surface area contributed by atoms with E-state index in [4.69, 9.17) is 37.9 Å². The molecule has 0 heterocycles. The highest BCUT2D eigenvalue weighted by Gasteiger charge is 2.15. The highest BCUT2D eigenvalue weighted by Crippen LogP contribution is 2.36. The van der Waals surface area contributed by atoms with Crippen LogP contribution >= 0.6 is 0 Å². The zero-order chi connectivity index (χ0) is 33.0. The fraction of sp³-hybridized carbons (Fsp3) is 0.459. The lowest BCUT2D eigenvalue weighted by Gasteiger charge is -2.17.